The molecule has 2 aromatic heterocycles. The standard InChI is InChI=1S/C62H74ClN12O8P/c1-13-73(49-26-24-48(25-27-49)69-70-53-32-19-43(6)35-52(53)63)40-79-61(76)65-37-54-58-59(68-44(7)72(9)10)66-39-67-60(58)74(71-54)57-36-55(83-84(81-34-33-64-8)75(41(2)3)42(4)5)56(82-57)38-80-62(45-17-15-14-16-18-45,46-20-28-50(77-11)29-21-46)47-22-30-51(78-12)31-23-47/h14-32,35,39,41-42,55-57H,13,33-34,36-38,40H2,1-7,9-12H3,(H,65,76). The first-order valence-corrected chi connectivity index (χ1v) is 29.3. The highest BCUT2D eigenvalue weighted by Gasteiger charge is 2.46. The maximum absolute atomic E-state index is 13.7. The van der Waals surface area contributed by atoms with Gasteiger partial charge in [-0.2, -0.15) is 10.2 Å². The van der Waals surface area contributed by atoms with Crippen LogP contribution in [0.2, 0.25) is 5.02 Å². The number of fused-ring (bicyclic) bond motifs is 1. The fourth-order valence-electron chi connectivity index (χ4n) is 9.71. The van der Waals surface area contributed by atoms with Crippen molar-refractivity contribution in [3.63, 3.8) is 0 Å². The van der Waals surface area contributed by atoms with Crippen LogP contribution in [-0.4, -0.2) is 127 Å². The summed E-state index contributed by atoms with van der Waals surface area (Å²) in [6.45, 7) is 22.6. The first kappa shape index (κ1) is 62.4. The smallest absolute Gasteiger partial charge is 0.409 e. The molecule has 4 atom stereocenters. The van der Waals surface area contributed by atoms with Crippen molar-refractivity contribution in [1.82, 2.24) is 34.6 Å². The third-order valence-electron chi connectivity index (χ3n) is 14.1. The SMILES string of the molecule is [C-]#[N+]CCOP(OC1CC(n2nc(CNC(=O)OCN(CC)c3ccc(N=Nc4ccc(C)cc4Cl)cc3)c3c(N=C(C)N(C)C)ncnc32)OC1COC(c1ccccc1)(c1ccc(OC)cc1)c1ccc(OC)cc1)N(C(C)C)C(C)C. The molecule has 0 radical (unpaired) electrons. The fourth-order valence-corrected chi connectivity index (χ4v) is 11.7. The number of amidine groups is 1. The molecule has 0 bridgehead atoms. The number of nitrogens with zero attached hydrogens (tertiary/aromatic N) is 11. The van der Waals surface area contributed by atoms with Crippen LogP contribution in [0.4, 0.5) is 27.7 Å². The number of carbonyl (C=O) groups is 1. The quantitative estimate of drug-likeness (QED) is 0.00788. The van der Waals surface area contributed by atoms with Gasteiger partial charge in [0.2, 0.25) is 6.54 Å². The van der Waals surface area contributed by atoms with Crippen molar-refractivity contribution in [1.29, 1.82) is 0 Å². The predicted octanol–water partition coefficient (Wildman–Crippen LogP) is 13.5. The molecule has 1 fully saturated rings. The van der Waals surface area contributed by atoms with Crippen molar-refractivity contribution in [3.8, 4) is 11.5 Å². The normalized spacial score (nSPS) is 15.9. The van der Waals surface area contributed by atoms with Crippen LogP contribution in [0.5, 0.6) is 11.5 Å². The molecule has 4 unspecified atom stereocenters. The summed E-state index contributed by atoms with van der Waals surface area (Å²) in [7, 11) is 5.31. The largest absolute Gasteiger partial charge is 0.497 e. The molecule has 84 heavy (non-hydrogen) atoms. The number of azo groups is 1. The second-order valence-electron chi connectivity index (χ2n) is 20.6. The van der Waals surface area contributed by atoms with Crippen LogP contribution >= 0.6 is 20.1 Å². The summed E-state index contributed by atoms with van der Waals surface area (Å²) >= 11 is 6.38. The minimum Gasteiger partial charge on any atom is -0.497 e. The van der Waals surface area contributed by atoms with Crippen molar-refractivity contribution in [3.05, 3.63) is 172 Å². The molecule has 0 aliphatic carbocycles. The number of carbonyl (C=O) groups excluding carboxylic acids is 1. The molecule has 1 saturated heterocycles. The van der Waals surface area contributed by atoms with Crippen molar-refractivity contribution < 1.29 is 37.5 Å². The van der Waals surface area contributed by atoms with E-state index in [1.165, 1.54) is 6.33 Å². The average molecular weight is 1180 g/mol. The summed E-state index contributed by atoms with van der Waals surface area (Å²) in [5.74, 6) is 2.41. The number of nitrogens with one attached hydrogen (secondary N) is 1. The Hall–Kier alpha value is -7.60. The molecule has 1 N–H and O–H groups in total. The number of anilines is 1. The van der Waals surface area contributed by atoms with E-state index in [2.05, 4.69) is 57.7 Å². The Bertz CT molecular complexity index is 3330. The van der Waals surface area contributed by atoms with Crippen molar-refractivity contribution in [2.24, 2.45) is 15.2 Å². The molecule has 1 aliphatic heterocycles. The van der Waals surface area contributed by atoms with Gasteiger partial charge in [0, 0.05) is 44.8 Å². The number of ether oxygens (including phenoxy) is 5. The summed E-state index contributed by atoms with van der Waals surface area (Å²) in [5, 5.41) is 17.8. The van der Waals surface area contributed by atoms with Crippen LogP contribution in [-0.2, 0) is 35.4 Å². The first-order valence-electron chi connectivity index (χ1n) is 27.8. The van der Waals surface area contributed by atoms with E-state index in [0.717, 1.165) is 27.9 Å². The number of halogens is 1. The summed E-state index contributed by atoms with van der Waals surface area (Å²) in [4.78, 5) is 35.4. The maximum atomic E-state index is 13.7. The number of amides is 1. The lowest BCUT2D eigenvalue weighted by molar-refractivity contribution is -0.0931. The van der Waals surface area contributed by atoms with E-state index in [0.29, 0.717) is 62.8 Å². The second-order valence-corrected chi connectivity index (χ2v) is 22.4. The summed E-state index contributed by atoms with van der Waals surface area (Å²) in [6.07, 6.45) is -1.14. The van der Waals surface area contributed by atoms with Gasteiger partial charge >= 0.3 is 6.09 Å². The van der Waals surface area contributed by atoms with E-state index in [-0.39, 0.29) is 51.5 Å². The number of benzene rings is 5. The van der Waals surface area contributed by atoms with Crippen LogP contribution < -0.4 is 19.7 Å². The third-order valence-corrected chi connectivity index (χ3v) is 16.6. The van der Waals surface area contributed by atoms with Gasteiger partial charge in [0.05, 0.1) is 55.3 Å². The minimum atomic E-state index is -1.75. The van der Waals surface area contributed by atoms with Gasteiger partial charge in [0.15, 0.2) is 24.4 Å². The van der Waals surface area contributed by atoms with Crippen LogP contribution in [0.25, 0.3) is 15.9 Å². The predicted molar refractivity (Wildman–Crippen MR) is 328 cm³/mol. The number of aromatic nitrogens is 4. The topological polar surface area (TPSA) is 188 Å². The maximum Gasteiger partial charge on any atom is 0.409 e. The van der Waals surface area contributed by atoms with Gasteiger partial charge < -0.3 is 52.7 Å². The highest BCUT2D eigenvalue weighted by molar-refractivity contribution is 7.44. The van der Waals surface area contributed by atoms with Crippen LogP contribution in [0.3, 0.4) is 0 Å². The molecule has 442 valence electrons. The van der Waals surface area contributed by atoms with Crippen molar-refractivity contribution in [2.75, 3.05) is 66.2 Å². The van der Waals surface area contributed by atoms with Gasteiger partial charge in [0.1, 0.15) is 47.7 Å². The van der Waals surface area contributed by atoms with Gasteiger partial charge in [-0.25, -0.2) is 35.7 Å². The van der Waals surface area contributed by atoms with Gasteiger partial charge in [-0.15, -0.1) is 5.11 Å². The molecule has 20 nitrogen and oxygen atoms in total. The molecule has 5 aromatic carbocycles. The van der Waals surface area contributed by atoms with Gasteiger partial charge in [-0.3, -0.25) is 0 Å². The zero-order valence-electron chi connectivity index (χ0n) is 49.5. The van der Waals surface area contributed by atoms with E-state index in [4.69, 9.17) is 66.0 Å². The molecule has 0 spiro atoms. The molecule has 22 heteroatoms. The van der Waals surface area contributed by atoms with Crippen LogP contribution in [0.15, 0.2) is 143 Å². The third kappa shape index (κ3) is 15.0. The number of hydrogen-bond donors (Lipinski definition) is 1. The van der Waals surface area contributed by atoms with E-state index in [1.807, 2.05) is 166 Å². The summed E-state index contributed by atoms with van der Waals surface area (Å²) < 4.78 is 49.4. The molecule has 1 amide bonds. The number of methoxy groups -OCH3 is 2. The fraction of sp³-hybridized carbons (Fsp3) is 0.387. The average Bonchev–Trinajstić information content (AvgIpc) is 1.88. The van der Waals surface area contributed by atoms with E-state index >= 15 is 0 Å². The lowest BCUT2D eigenvalue weighted by Gasteiger charge is -2.39. The number of aliphatic imine (C=N–C) groups is 1. The Balaban J connectivity index is 1.12. The van der Waals surface area contributed by atoms with Crippen molar-refractivity contribution in [2.45, 2.75) is 97.6 Å². The van der Waals surface area contributed by atoms with E-state index in [9.17, 15) is 4.79 Å². The highest BCUT2D eigenvalue weighted by Crippen LogP contribution is 2.51. The van der Waals surface area contributed by atoms with Crippen LogP contribution in [0, 0.1) is 13.5 Å². The molecule has 3 heterocycles. The number of alkyl carbamates (subject to hydrolysis) is 1. The lowest BCUT2D eigenvalue weighted by atomic mass is 9.80. The molecule has 0 saturated carbocycles. The van der Waals surface area contributed by atoms with Gasteiger partial charge in [-0.1, -0.05) is 72.3 Å². The van der Waals surface area contributed by atoms with Crippen LogP contribution in [0.1, 0.15) is 82.1 Å². The zero-order chi connectivity index (χ0) is 59.9. The van der Waals surface area contributed by atoms with Gasteiger partial charge in [0.25, 0.3) is 8.53 Å². The van der Waals surface area contributed by atoms with E-state index in [1.54, 1.807) is 18.9 Å². The zero-order valence-corrected chi connectivity index (χ0v) is 51.1. The number of aryl methyl sites for hydroxylation is 1. The minimum absolute atomic E-state index is 0.0160. The molecule has 1 aliphatic rings. The van der Waals surface area contributed by atoms with E-state index < -0.39 is 38.7 Å². The molecular weight excluding hydrogens is 1110 g/mol. The Morgan fingerprint density at radius 1 is 0.905 bits per heavy atom. The molecule has 7 aromatic rings. The number of rotatable bonds is 26. The first-order chi connectivity index (χ1) is 40.6. The Morgan fingerprint density at radius 2 is 1.56 bits per heavy atom. The molecular formula is C62H74ClN12O8P. The van der Waals surface area contributed by atoms with Gasteiger partial charge in [-0.05, 0) is 131 Å². The monoisotopic (exact) mass is 1180 g/mol. The Kier molecular flexibility index (Phi) is 21.8. The molecule has 8 rings (SSSR count). The Morgan fingerprint density at radius 3 is 2.15 bits per heavy atom. The summed E-state index contributed by atoms with van der Waals surface area (Å²) in [6, 6.07) is 38.9. The Labute approximate surface area is 498 Å². The number of hydrogen-bond acceptors (Lipinski definition) is 16. The highest BCUT2D eigenvalue weighted by atomic mass is 35.5. The lowest BCUT2D eigenvalue weighted by Crippen LogP contribution is -2.39. The van der Waals surface area contributed by atoms with Crippen molar-refractivity contribution >= 4 is 66.0 Å². The summed E-state index contributed by atoms with van der Waals surface area (Å²) in [5.41, 5.74) is 5.27. The second kappa shape index (κ2) is 29.3.